The van der Waals surface area contributed by atoms with E-state index in [0.29, 0.717) is 5.92 Å². The first-order valence-electron chi connectivity index (χ1n) is 7.31. The molecule has 0 radical (unpaired) electrons. The van der Waals surface area contributed by atoms with E-state index in [2.05, 4.69) is 17.3 Å². The first-order chi connectivity index (χ1) is 9.35. The molecule has 2 atom stereocenters. The van der Waals surface area contributed by atoms with Crippen molar-refractivity contribution >= 4 is 11.3 Å². The molecule has 0 bridgehead atoms. The van der Waals surface area contributed by atoms with Crippen molar-refractivity contribution in [3.63, 3.8) is 0 Å². The molecule has 1 aromatic rings. The van der Waals surface area contributed by atoms with E-state index in [0.717, 1.165) is 18.0 Å². The molecule has 3 N–H and O–H groups in total. The molecule has 4 nitrogen and oxygen atoms in total. The van der Waals surface area contributed by atoms with Gasteiger partial charge in [-0.15, -0.1) is 11.3 Å². The van der Waals surface area contributed by atoms with Crippen LogP contribution in [0, 0.1) is 5.92 Å². The van der Waals surface area contributed by atoms with Crippen molar-refractivity contribution in [1.82, 2.24) is 10.4 Å². The zero-order valence-corrected chi connectivity index (χ0v) is 12.5. The van der Waals surface area contributed by atoms with Crippen LogP contribution in [0.2, 0.25) is 0 Å². The Morgan fingerprint density at radius 3 is 2.84 bits per heavy atom. The number of hydrogen-bond acceptors (Lipinski definition) is 5. The Hall–Kier alpha value is -0.490. The topological polar surface area (TPSA) is 60.2 Å². The number of nitrogens with zero attached hydrogens (tertiary/aromatic N) is 1. The zero-order valence-electron chi connectivity index (χ0n) is 11.7. The van der Waals surface area contributed by atoms with Crippen molar-refractivity contribution in [2.75, 3.05) is 6.61 Å². The normalized spacial score (nSPS) is 20.3. The van der Waals surface area contributed by atoms with Gasteiger partial charge >= 0.3 is 0 Å². The van der Waals surface area contributed by atoms with E-state index in [1.807, 2.05) is 11.6 Å². The Labute approximate surface area is 119 Å². The summed E-state index contributed by atoms with van der Waals surface area (Å²) in [5, 5.41) is 3.14. The third-order valence-electron chi connectivity index (χ3n) is 3.96. The molecular formula is C14H25N3OS. The molecule has 0 aromatic carbocycles. The molecule has 0 amide bonds. The van der Waals surface area contributed by atoms with Gasteiger partial charge in [-0.2, -0.15) is 0 Å². The number of nitrogens with one attached hydrogen (secondary N) is 1. The number of nitrogens with two attached hydrogens (primary N) is 1. The minimum Gasteiger partial charge on any atom is -0.377 e. The van der Waals surface area contributed by atoms with Crippen LogP contribution in [0.4, 0.5) is 0 Å². The van der Waals surface area contributed by atoms with Crippen molar-refractivity contribution in [3.05, 3.63) is 16.6 Å². The molecule has 1 aromatic heterocycles. The van der Waals surface area contributed by atoms with E-state index < -0.39 is 0 Å². The van der Waals surface area contributed by atoms with Crippen LogP contribution in [0.1, 0.15) is 44.0 Å². The molecule has 1 aliphatic rings. The van der Waals surface area contributed by atoms with Crippen LogP contribution in [0.3, 0.4) is 0 Å². The second-order valence-electron chi connectivity index (χ2n) is 5.22. The van der Waals surface area contributed by atoms with E-state index in [1.165, 1.54) is 32.1 Å². The van der Waals surface area contributed by atoms with Crippen LogP contribution in [0.5, 0.6) is 0 Å². The summed E-state index contributed by atoms with van der Waals surface area (Å²) in [5.41, 5.74) is 2.96. The van der Waals surface area contributed by atoms with Crippen molar-refractivity contribution < 1.29 is 4.74 Å². The lowest BCUT2D eigenvalue weighted by Gasteiger charge is -2.35. The van der Waals surface area contributed by atoms with E-state index in [-0.39, 0.29) is 12.1 Å². The van der Waals surface area contributed by atoms with Gasteiger partial charge in [0.25, 0.3) is 0 Å². The maximum absolute atomic E-state index is 6.02. The Bertz CT molecular complexity index is 338. The summed E-state index contributed by atoms with van der Waals surface area (Å²) in [6.07, 6.45) is 9.45. The molecule has 0 spiro atoms. The quantitative estimate of drug-likeness (QED) is 0.596. The number of thiazole rings is 1. The van der Waals surface area contributed by atoms with Crippen molar-refractivity contribution in [2.24, 2.45) is 11.8 Å². The average Bonchev–Trinajstić information content (AvgIpc) is 2.96. The Balaban J connectivity index is 2.01. The number of hydrogen-bond donors (Lipinski definition) is 2. The lowest BCUT2D eigenvalue weighted by Crippen LogP contribution is -2.50. The third-order valence-corrected chi connectivity index (χ3v) is 4.76. The highest BCUT2D eigenvalue weighted by atomic mass is 32.1. The van der Waals surface area contributed by atoms with E-state index in [1.54, 1.807) is 11.3 Å². The van der Waals surface area contributed by atoms with Gasteiger partial charge in [0, 0.05) is 24.6 Å². The standard InChI is InChI=1S/C14H25N3OS/c1-2-18-14(11-6-4-3-5-7-11)12(17-15)10-13-16-8-9-19-13/h8-9,11-12,14,17H,2-7,10,15H2,1H3. The van der Waals surface area contributed by atoms with Gasteiger partial charge in [-0.05, 0) is 25.7 Å². The highest BCUT2D eigenvalue weighted by Gasteiger charge is 2.31. The molecule has 1 aliphatic carbocycles. The molecule has 1 heterocycles. The van der Waals surface area contributed by atoms with Gasteiger partial charge < -0.3 is 4.74 Å². The first kappa shape index (κ1) is 14.9. The van der Waals surface area contributed by atoms with Crippen LogP contribution in [-0.2, 0) is 11.2 Å². The van der Waals surface area contributed by atoms with Crippen LogP contribution >= 0.6 is 11.3 Å². The largest absolute Gasteiger partial charge is 0.377 e. The number of ether oxygens (including phenoxy) is 1. The molecule has 0 aliphatic heterocycles. The highest BCUT2D eigenvalue weighted by molar-refractivity contribution is 7.09. The van der Waals surface area contributed by atoms with E-state index >= 15 is 0 Å². The maximum atomic E-state index is 6.02. The summed E-state index contributed by atoms with van der Waals surface area (Å²) in [7, 11) is 0. The van der Waals surface area contributed by atoms with Gasteiger partial charge in [0.15, 0.2) is 0 Å². The smallest absolute Gasteiger partial charge is 0.0941 e. The summed E-state index contributed by atoms with van der Waals surface area (Å²) >= 11 is 1.69. The molecule has 1 saturated carbocycles. The van der Waals surface area contributed by atoms with Gasteiger partial charge in [0.05, 0.1) is 17.2 Å². The zero-order chi connectivity index (χ0) is 13.5. The van der Waals surface area contributed by atoms with Crippen molar-refractivity contribution in [3.8, 4) is 0 Å². The molecular weight excluding hydrogens is 258 g/mol. The monoisotopic (exact) mass is 283 g/mol. The lowest BCUT2D eigenvalue weighted by atomic mass is 9.82. The summed E-state index contributed by atoms with van der Waals surface area (Å²) < 4.78 is 6.02. The number of aromatic nitrogens is 1. The molecule has 2 unspecified atom stereocenters. The van der Waals surface area contributed by atoms with Crippen molar-refractivity contribution in [2.45, 2.75) is 57.6 Å². The molecule has 19 heavy (non-hydrogen) atoms. The molecule has 0 saturated heterocycles. The lowest BCUT2D eigenvalue weighted by molar-refractivity contribution is -0.0175. The highest BCUT2D eigenvalue weighted by Crippen LogP contribution is 2.30. The second kappa shape index (κ2) is 7.94. The molecule has 2 rings (SSSR count). The van der Waals surface area contributed by atoms with Gasteiger partial charge in [-0.25, -0.2) is 4.98 Å². The predicted molar refractivity (Wildman–Crippen MR) is 78.9 cm³/mol. The molecule has 1 fully saturated rings. The Kier molecular flexibility index (Phi) is 6.23. The summed E-state index contributed by atoms with van der Waals surface area (Å²) in [5.74, 6) is 6.41. The Morgan fingerprint density at radius 1 is 1.47 bits per heavy atom. The fourth-order valence-corrected chi connectivity index (χ4v) is 3.72. The Morgan fingerprint density at radius 2 is 2.26 bits per heavy atom. The first-order valence-corrected chi connectivity index (χ1v) is 8.19. The van der Waals surface area contributed by atoms with Crippen molar-refractivity contribution in [1.29, 1.82) is 0 Å². The van der Waals surface area contributed by atoms with E-state index in [9.17, 15) is 0 Å². The van der Waals surface area contributed by atoms with E-state index in [4.69, 9.17) is 10.6 Å². The van der Waals surface area contributed by atoms with Crippen LogP contribution in [0.25, 0.3) is 0 Å². The summed E-state index contributed by atoms with van der Waals surface area (Å²) in [4.78, 5) is 4.36. The van der Waals surface area contributed by atoms with Crippen LogP contribution < -0.4 is 11.3 Å². The predicted octanol–water partition coefficient (Wildman–Crippen LogP) is 2.50. The summed E-state index contributed by atoms with van der Waals surface area (Å²) in [6, 6.07) is 0.161. The minimum atomic E-state index is 0.161. The minimum absolute atomic E-state index is 0.161. The van der Waals surface area contributed by atoms with Gasteiger partial charge in [0.1, 0.15) is 0 Å². The summed E-state index contributed by atoms with van der Waals surface area (Å²) in [6.45, 7) is 2.81. The molecule has 108 valence electrons. The molecule has 5 heteroatoms. The fraction of sp³-hybridized carbons (Fsp3) is 0.786. The third kappa shape index (κ3) is 4.24. The maximum Gasteiger partial charge on any atom is 0.0941 e. The fourth-order valence-electron chi connectivity index (χ4n) is 3.05. The van der Waals surface area contributed by atoms with Crippen LogP contribution in [0.15, 0.2) is 11.6 Å². The van der Waals surface area contributed by atoms with Crippen LogP contribution in [-0.4, -0.2) is 23.7 Å². The van der Waals surface area contributed by atoms with Gasteiger partial charge in [-0.1, -0.05) is 19.3 Å². The second-order valence-corrected chi connectivity index (χ2v) is 6.20. The average molecular weight is 283 g/mol. The number of hydrazine groups is 1. The van der Waals surface area contributed by atoms with Gasteiger partial charge in [-0.3, -0.25) is 11.3 Å². The van der Waals surface area contributed by atoms with Gasteiger partial charge in [0.2, 0.25) is 0 Å². The SMILES string of the molecule is CCOC(C1CCCCC1)C(Cc1nccs1)NN. The number of rotatable bonds is 7.